The molecule has 1 aliphatic heterocycles. The number of nitrogens with zero attached hydrogens (tertiary/aromatic N) is 5. The summed E-state index contributed by atoms with van der Waals surface area (Å²) in [4.78, 5) is 30.9. The Kier molecular flexibility index (Phi) is 6.94. The number of para-hydroxylation sites is 1. The summed E-state index contributed by atoms with van der Waals surface area (Å²) in [5.74, 6) is 0.377. The predicted molar refractivity (Wildman–Crippen MR) is 162 cm³/mol. The van der Waals surface area contributed by atoms with Crippen LogP contribution in [0.4, 0.5) is 11.4 Å². The van der Waals surface area contributed by atoms with Gasteiger partial charge in [0.1, 0.15) is 5.75 Å². The van der Waals surface area contributed by atoms with Crippen molar-refractivity contribution in [2.75, 3.05) is 11.9 Å². The highest BCUT2D eigenvalue weighted by atomic mass is 35.5. The number of amides is 1. The van der Waals surface area contributed by atoms with Gasteiger partial charge in [0.25, 0.3) is 11.5 Å². The molecule has 1 amide bonds. The van der Waals surface area contributed by atoms with E-state index in [1.165, 1.54) is 11.3 Å². The molecule has 5 aromatic rings. The van der Waals surface area contributed by atoms with E-state index in [2.05, 4.69) is 5.32 Å². The number of ether oxygens (including phenoxy) is 1. The van der Waals surface area contributed by atoms with Gasteiger partial charge >= 0.3 is 0 Å². The second-order valence-electron chi connectivity index (χ2n) is 9.45. The van der Waals surface area contributed by atoms with Crippen molar-refractivity contribution in [3.63, 3.8) is 0 Å². The van der Waals surface area contributed by atoms with Gasteiger partial charge in [0.2, 0.25) is 4.80 Å². The molecular weight excluding hydrogens is 560 g/mol. The molecule has 206 valence electrons. The van der Waals surface area contributed by atoms with E-state index < -0.39 is 0 Å². The van der Waals surface area contributed by atoms with Gasteiger partial charge in [-0.3, -0.25) is 14.3 Å². The Balaban J connectivity index is 1.56. The fourth-order valence-corrected chi connectivity index (χ4v) is 5.76. The fraction of sp³-hybridized carbons (Fsp3) is 0.133. The third-order valence-corrected chi connectivity index (χ3v) is 7.98. The molecule has 0 spiro atoms. The fourth-order valence-electron chi connectivity index (χ4n) is 4.65. The number of hydrogen-bond acceptors (Lipinski definition) is 6. The Morgan fingerprint density at radius 2 is 1.80 bits per heavy atom. The van der Waals surface area contributed by atoms with Gasteiger partial charge < -0.3 is 10.1 Å². The van der Waals surface area contributed by atoms with Crippen molar-refractivity contribution in [3.05, 3.63) is 110 Å². The lowest BCUT2D eigenvalue weighted by molar-refractivity contribution is -0.118. The summed E-state index contributed by atoms with van der Waals surface area (Å²) < 4.78 is 10.6. The summed E-state index contributed by atoms with van der Waals surface area (Å²) in [5.41, 5.74) is 5.06. The third-order valence-electron chi connectivity index (χ3n) is 6.84. The number of benzene rings is 3. The van der Waals surface area contributed by atoms with E-state index in [0.29, 0.717) is 38.4 Å². The van der Waals surface area contributed by atoms with Crippen LogP contribution in [-0.2, 0) is 11.8 Å². The minimum atomic E-state index is -0.238. The average molecular weight is 585 g/mol. The highest BCUT2D eigenvalue weighted by molar-refractivity contribution is 7.07. The molecule has 0 atom stereocenters. The van der Waals surface area contributed by atoms with Gasteiger partial charge in [-0.1, -0.05) is 48.0 Å². The van der Waals surface area contributed by atoms with E-state index in [-0.39, 0.29) is 18.1 Å². The minimum absolute atomic E-state index is 0.0217. The quantitative estimate of drug-likeness (QED) is 0.276. The van der Waals surface area contributed by atoms with Crippen LogP contribution in [0.3, 0.4) is 0 Å². The van der Waals surface area contributed by atoms with E-state index >= 15 is 0 Å². The maximum Gasteiger partial charge on any atom is 0.297 e. The van der Waals surface area contributed by atoms with Crippen LogP contribution in [0.1, 0.15) is 18.2 Å². The van der Waals surface area contributed by atoms with E-state index in [9.17, 15) is 9.59 Å². The second-order valence-corrected chi connectivity index (χ2v) is 10.7. The summed E-state index contributed by atoms with van der Waals surface area (Å²) >= 11 is 7.84. The van der Waals surface area contributed by atoms with Crippen LogP contribution in [0.25, 0.3) is 16.9 Å². The number of fused-ring (bicyclic) bond motifs is 1. The summed E-state index contributed by atoms with van der Waals surface area (Å²) in [7, 11) is 1.83. The largest absolute Gasteiger partial charge is 0.482 e. The smallest absolute Gasteiger partial charge is 0.297 e. The Morgan fingerprint density at radius 3 is 2.59 bits per heavy atom. The zero-order chi connectivity index (χ0) is 28.7. The predicted octanol–water partition coefficient (Wildman–Crippen LogP) is 5.50. The number of carbonyl (C=O) groups excluding carboxylic acids is 1. The number of halogens is 1. The van der Waals surface area contributed by atoms with Crippen molar-refractivity contribution in [1.82, 2.24) is 14.0 Å². The average Bonchev–Trinajstić information content (AvgIpc) is 3.46. The van der Waals surface area contributed by atoms with Gasteiger partial charge in [-0.05, 0) is 50.2 Å². The normalized spacial score (nSPS) is 13.6. The van der Waals surface area contributed by atoms with Crippen LogP contribution in [0.15, 0.2) is 93.1 Å². The van der Waals surface area contributed by atoms with Crippen molar-refractivity contribution >= 4 is 45.9 Å². The molecule has 11 heteroatoms. The number of anilines is 1. The number of thiazole rings is 1. The maximum atomic E-state index is 13.6. The monoisotopic (exact) mass is 584 g/mol. The lowest BCUT2D eigenvalue weighted by atomic mass is 10.1. The van der Waals surface area contributed by atoms with Gasteiger partial charge in [0.05, 0.1) is 28.5 Å². The molecule has 1 aliphatic rings. The van der Waals surface area contributed by atoms with Crippen molar-refractivity contribution in [3.8, 4) is 22.7 Å². The molecule has 2 aromatic heterocycles. The van der Waals surface area contributed by atoms with E-state index in [4.69, 9.17) is 26.4 Å². The van der Waals surface area contributed by atoms with E-state index in [1.807, 2.05) is 99.1 Å². The Labute approximate surface area is 244 Å². The first kappa shape index (κ1) is 26.5. The summed E-state index contributed by atoms with van der Waals surface area (Å²) in [6, 6.07) is 22.5. The summed E-state index contributed by atoms with van der Waals surface area (Å²) in [6.45, 7) is 3.71. The first-order chi connectivity index (χ1) is 19.8. The van der Waals surface area contributed by atoms with E-state index in [0.717, 1.165) is 22.5 Å². The van der Waals surface area contributed by atoms with Crippen molar-refractivity contribution in [2.24, 2.45) is 17.1 Å². The molecule has 9 nitrogen and oxygen atoms in total. The lowest BCUT2D eigenvalue weighted by Crippen LogP contribution is -2.25. The van der Waals surface area contributed by atoms with Crippen LogP contribution in [-0.4, -0.2) is 32.3 Å². The summed E-state index contributed by atoms with van der Waals surface area (Å²) in [5, 5.41) is 10.3. The van der Waals surface area contributed by atoms with Crippen molar-refractivity contribution in [1.29, 1.82) is 0 Å². The standard InChI is InChI=1S/C30H25ClN6O3S/c1-18(22-11-7-8-12-23(22)31)34-36-25(20-13-14-26-24(15-20)32-27(38)16-40-26)17-41-30(36)33-28-19(2)35(3)37(29(28)39)21-9-5-4-6-10-21/h4-15,17H,16H2,1-3H3,(H,32,38). The minimum Gasteiger partial charge on any atom is -0.482 e. The van der Waals surface area contributed by atoms with Crippen LogP contribution < -0.4 is 20.4 Å². The number of rotatable bonds is 5. The molecule has 6 rings (SSSR count). The van der Waals surface area contributed by atoms with Crippen molar-refractivity contribution < 1.29 is 9.53 Å². The Morgan fingerprint density at radius 1 is 1.05 bits per heavy atom. The highest BCUT2D eigenvalue weighted by Gasteiger charge is 2.20. The molecule has 0 unspecified atom stereocenters. The lowest BCUT2D eigenvalue weighted by Gasteiger charge is -2.18. The molecular formula is C30H25ClN6O3S. The number of nitrogens with one attached hydrogen (secondary N) is 1. The van der Waals surface area contributed by atoms with Gasteiger partial charge in [0.15, 0.2) is 12.3 Å². The van der Waals surface area contributed by atoms with Gasteiger partial charge in [-0.2, -0.15) is 5.10 Å². The zero-order valence-electron chi connectivity index (χ0n) is 22.5. The van der Waals surface area contributed by atoms with Crippen LogP contribution >= 0.6 is 22.9 Å². The molecule has 1 N–H and O–H groups in total. The summed E-state index contributed by atoms with van der Waals surface area (Å²) in [6.07, 6.45) is 0. The Hall–Kier alpha value is -4.67. The van der Waals surface area contributed by atoms with Crippen LogP contribution in [0, 0.1) is 6.92 Å². The second kappa shape index (κ2) is 10.7. The number of hydrogen-bond donors (Lipinski definition) is 1. The molecule has 0 saturated carbocycles. The molecule has 0 bridgehead atoms. The van der Waals surface area contributed by atoms with Crippen LogP contribution in [0.2, 0.25) is 5.02 Å². The van der Waals surface area contributed by atoms with Gasteiger partial charge in [-0.15, -0.1) is 11.3 Å². The van der Waals surface area contributed by atoms with Gasteiger partial charge in [-0.25, -0.2) is 14.4 Å². The maximum absolute atomic E-state index is 13.6. The molecule has 0 aliphatic carbocycles. The highest BCUT2D eigenvalue weighted by Crippen LogP contribution is 2.33. The topological polar surface area (TPSA) is 94.9 Å². The number of carbonyl (C=O) groups is 1. The van der Waals surface area contributed by atoms with Crippen LogP contribution in [0.5, 0.6) is 5.75 Å². The Bertz CT molecular complexity index is 1970. The molecule has 0 saturated heterocycles. The van der Waals surface area contributed by atoms with Crippen molar-refractivity contribution in [2.45, 2.75) is 13.8 Å². The zero-order valence-corrected chi connectivity index (χ0v) is 24.0. The first-order valence-electron chi connectivity index (χ1n) is 12.8. The van der Waals surface area contributed by atoms with E-state index in [1.54, 1.807) is 14.0 Å². The molecule has 0 radical (unpaired) electrons. The molecule has 41 heavy (non-hydrogen) atoms. The third kappa shape index (κ3) is 4.92. The molecule has 0 fully saturated rings. The number of aromatic nitrogens is 3. The van der Waals surface area contributed by atoms with Gasteiger partial charge in [0, 0.05) is 28.6 Å². The SMILES string of the molecule is CC(=Nn1c(-c2ccc3c(c2)NC(=O)CO3)csc1=Nc1c(C)n(C)n(-c2ccccc2)c1=O)c1ccccc1Cl. The molecule has 3 aromatic carbocycles. The first-order valence-corrected chi connectivity index (χ1v) is 14.0. The molecule has 3 heterocycles.